The van der Waals surface area contributed by atoms with Gasteiger partial charge in [-0.2, -0.15) is 0 Å². The lowest BCUT2D eigenvalue weighted by Crippen LogP contribution is -2.15. The molecule has 0 unspecified atom stereocenters. The molecule has 0 aliphatic carbocycles. The van der Waals surface area contributed by atoms with E-state index in [2.05, 4.69) is 13.8 Å². The minimum absolute atomic E-state index is 0.131. The summed E-state index contributed by atoms with van der Waals surface area (Å²) in [5.41, 5.74) is 0. The molecule has 0 saturated heterocycles. The molecule has 0 aromatic carbocycles. The van der Waals surface area contributed by atoms with Crippen molar-refractivity contribution in [3.05, 3.63) is 0 Å². The van der Waals surface area contributed by atoms with Gasteiger partial charge in [0.15, 0.2) is 0 Å². The quantitative estimate of drug-likeness (QED) is 0.0426. The van der Waals surface area contributed by atoms with Crippen molar-refractivity contribution in [2.45, 2.75) is 206 Å². The number of hydrogen-bond donors (Lipinski definition) is 0. The highest BCUT2D eigenvalue weighted by Crippen LogP contribution is 2.15. The van der Waals surface area contributed by atoms with E-state index in [-0.39, 0.29) is 25.2 Å². The minimum atomic E-state index is -0.132. The van der Waals surface area contributed by atoms with Gasteiger partial charge < -0.3 is 47.4 Å². The third kappa shape index (κ3) is 56.7. The summed E-state index contributed by atoms with van der Waals surface area (Å²) >= 11 is 0. The van der Waals surface area contributed by atoms with E-state index in [0.717, 1.165) is 25.7 Å². The van der Waals surface area contributed by atoms with Crippen LogP contribution >= 0.6 is 0 Å². The van der Waals surface area contributed by atoms with Crippen LogP contribution < -0.4 is 0 Å². The molecule has 0 aromatic rings. The predicted molar refractivity (Wildman–Crippen MR) is 258 cm³/mol. The largest absolute Gasteiger partial charge is 0.463 e. The normalized spacial score (nSPS) is 11.5. The second-order valence-electron chi connectivity index (χ2n) is 17.0. The second-order valence-corrected chi connectivity index (χ2v) is 17.0. The first-order chi connectivity index (χ1) is 31.7. The van der Waals surface area contributed by atoms with E-state index in [1.165, 1.54) is 154 Å². The first-order valence-electron chi connectivity index (χ1n) is 26.6. The van der Waals surface area contributed by atoms with Crippen LogP contribution in [0.15, 0.2) is 0 Å². The molecule has 382 valence electrons. The van der Waals surface area contributed by atoms with Gasteiger partial charge in [0.05, 0.1) is 106 Å². The number of esters is 2. The van der Waals surface area contributed by atoms with Crippen LogP contribution in [0.4, 0.5) is 0 Å². The zero-order valence-corrected chi connectivity index (χ0v) is 41.8. The van der Waals surface area contributed by atoms with E-state index in [4.69, 9.17) is 47.4 Å². The zero-order chi connectivity index (χ0) is 46.2. The zero-order valence-electron chi connectivity index (χ0n) is 41.8. The van der Waals surface area contributed by atoms with Crippen molar-refractivity contribution in [3.8, 4) is 0 Å². The fourth-order valence-electron chi connectivity index (χ4n) is 7.14. The molecule has 12 nitrogen and oxygen atoms in total. The van der Waals surface area contributed by atoms with Crippen LogP contribution in [0.25, 0.3) is 0 Å². The number of rotatable bonds is 57. The number of unbranched alkanes of at least 4 members (excludes halogenated alkanes) is 26. The fraction of sp³-hybridized carbons (Fsp3) is 0.962. The molecule has 0 aliphatic heterocycles. The molecule has 0 heterocycles. The van der Waals surface area contributed by atoms with Crippen molar-refractivity contribution >= 4 is 11.9 Å². The maximum atomic E-state index is 11.9. The average molecular weight is 919 g/mol. The Bertz CT molecular complexity index is 895. The summed E-state index contributed by atoms with van der Waals surface area (Å²) in [4.78, 5) is 23.8. The van der Waals surface area contributed by atoms with Crippen molar-refractivity contribution < 1.29 is 57.0 Å². The molecule has 0 fully saturated rings. The molecule has 0 atom stereocenters. The monoisotopic (exact) mass is 919 g/mol. The number of ether oxygens (including phenoxy) is 10. The summed E-state index contributed by atoms with van der Waals surface area (Å²) < 4.78 is 54.6. The van der Waals surface area contributed by atoms with Gasteiger partial charge in [-0.05, 0) is 12.8 Å². The molecule has 12 heteroatoms. The molecule has 64 heavy (non-hydrogen) atoms. The van der Waals surface area contributed by atoms with E-state index >= 15 is 0 Å². The standard InChI is InChI=1S/C52H102O12/c1-3-5-7-9-11-13-15-17-18-20-22-24-26-28-30-32-52(54)64-50-48-62-46-44-60-42-40-58-38-36-56-34-33-55-35-37-57-39-41-59-43-45-61-47-49-63-51(53)31-29-27-25-23-21-19-16-14-12-10-8-6-4-2/h3-50H2,1-2H3. The lowest BCUT2D eigenvalue weighted by molar-refractivity contribution is -0.146. The lowest BCUT2D eigenvalue weighted by Gasteiger charge is -2.09. The van der Waals surface area contributed by atoms with Crippen LogP contribution in [-0.4, -0.2) is 131 Å². The third-order valence-corrected chi connectivity index (χ3v) is 11.1. The summed E-state index contributed by atoms with van der Waals surface area (Å²) in [7, 11) is 0. The van der Waals surface area contributed by atoms with Gasteiger partial charge in [-0.3, -0.25) is 9.59 Å². The van der Waals surface area contributed by atoms with Gasteiger partial charge in [0.2, 0.25) is 0 Å². The van der Waals surface area contributed by atoms with Crippen molar-refractivity contribution in [3.63, 3.8) is 0 Å². The van der Waals surface area contributed by atoms with Crippen molar-refractivity contribution in [1.82, 2.24) is 0 Å². The van der Waals surface area contributed by atoms with Crippen LogP contribution in [0, 0.1) is 0 Å². The maximum absolute atomic E-state index is 11.9. The Morgan fingerprint density at radius 2 is 0.375 bits per heavy atom. The molecule has 0 N–H and O–H groups in total. The summed E-state index contributed by atoms with van der Waals surface area (Å²) in [6.45, 7) is 12.6. The van der Waals surface area contributed by atoms with Gasteiger partial charge in [-0.15, -0.1) is 0 Å². The molecule has 0 spiro atoms. The minimum Gasteiger partial charge on any atom is -0.463 e. The third-order valence-electron chi connectivity index (χ3n) is 11.1. The number of hydrogen-bond acceptors (Lipinski definition) is 12. The highest BCUT2D eigenvalue weighted by Gasteiger charge is 2.05. The van der Waals surface area contributed by atoms with E-state index in [9.17, 15) is 9.59 Å². The highest BCUT2D eigenvalue weighted by atomic mass is 16.6. The molecule has 0 aliphatic rings. The topological polar surface area (TPSA) is 126 Å². The van der Waals surface area contributed by atoms with Gasteiger partial charge in [-0.25, -0.2) is 0 Å². The Balaban J connectivity index is 3.17. The SMILES string of the molecule is CCCCCCCCCCCCCCCCCC(=O)OCCOCCOCCOCCOCCOCCOCCOCCOCCOC(=O)CCCCCCCCCCCCCCC. The summed E-state index contributed by atoms with van der Waals surface area (Å²) in [6, 6.07) is 0. The first kappa shape index (κ1) is 62.6. The fourth-order valence-corrected chi connectivity index (χ4v) is 7.14. The predicted octanol–water partition coefficient (Wildman–Crippen LogP) is 11.9. The number of carbonyl (C=O) groups is 2. The van der Waals surface area contributed by atoms with Gasteiger partial charge in [-0.1, -0.05) is 181 Å². The molecule has 0 saturated carbocycles. The smallest absolute Gasteiger partial charge is 0.305 e. The summed E-state index contributed by atoms with van der Waals surface area (Å²) in [5, 5.41) is 0. The summed E-state index contributed by atoms with van der Waals surface area (Å²) in [5.74, 6) is -0.263. The Hall–Kier alpha value is -1.38. The number of carbonyl (C=O) groups excluding carboxylic acids is 2. The summed E-state index contributed by atoms with van der Waals surface area (Å²) in [6.07, 6.45) is 37.5. The lowest BCUT2D eigenvalue weighted by atomic mass is 10.0. The molecular formula is C52H102O12. The van der Waals surface area contributed by atoms with Crippen molar-refractivity contribution in [2.75, 3.05) is 119 Å². The van der Waals surface area contributed by atoms with Gasteiger partial charge in [0.25, 0.3) is 0 Å². The van der Waals surface area contributed by atoms with Crippen LogP contribution in [-0.2, 0) is 57.0 Å². The molecule has 0 aromatic heterocycles. The Labute approximate surface area is 393 Å². The molecule has 0 radical (unpaired) electrons. The van der Waals surface area contributed by atoms with E-state index in [1.54, 1.807) is 0 Å². The maximum Gasteiger partial charge on any atom is 0.305 e. The van der Waals surface area contributed by atoms with E-state index < -0.39 is 0 Å². The molecule has 0 rings (SSSR count). The van der Waals surface area contributed by atoms with Crippen LogP contribution in [0.1, 0.15) is 206 Å². The Morgan fingerprint density at radius 3 is 0.562 bits per heavy atom. The van der Waals surface area contributed by atoms with E-state index in [1.807, 2.05) is 0 Å². The Kier molecular flexibility index (Phi) is 56.5. The van der Waals surface area contributed by atoms with Crippen molar-refractivity contribution in [1.29, 1.82) is 0 Å². The van der Waals surface area contributed by atoms with Crippen LogP contribution in [0.5, 0.6) is 0 Å². The average Bonchev–Trinajstić information content (AvgIpc) is 3.30. The van der Waals surface area contributed by atoms with Crippen LogP contribution in [0.3, 0.4) is 0 Å². The second kappa shape index (κ2) is 57.7. The van der Waals surface area contributed by atoms with Crippen molar-refractivity contribution in [2.24, 2.45) is 0 Å². The van der Waals surface area contributed by atoms with Gasteiger partial charge in [0.1, 0.15) is 13.2 Å². The highest BCUT2D eigenvalue weighted by molar-refractivity contribution is 5.69. The van der Waals surface area contributed by atoms with Crippen LogP contribution in [0.2, 0.25) is 0 Å². The molecule has 0 bridgehead atoms. The van der Waals surface area contributed by atoms with Gasteiger partial charge in [0, 0.05) is 12.8 Å². The molecule has 0 amide bonds. The van der Waals surface area contributed by atoms with E-state index in [0.29, 0.717) is 119 Å². The molecular weight excluding hydrogens is 817 g/mol. The van der Waals surface area contributed by atoms with Gasteiger partial charge >= 0.3 is 11.9 Å². The Morgan fingerprint density at radius 1 is 0.219 bits per heavy atom. The first-order valence-corrected chi connectivity index (χ1v) is 26.6.